The van der Waals surface area contributed by atoms with Crippen molar-refractivity contribution in [2.75, 3.05) is 5.75 Å². The summed E-state index contributed by atoms with van der Waals surface area (Å²) < 4.78 is 0. The molecule has 1 fully saturated rings. The molecule has 0 aromatic heterocycles. The fourth-order valence-electron chi connectivity index (χ4n) is 1.37. The molecule has 1 aromatic carbocycles. The standard InChI is InChI=1S/C10H7ClN4O4S/c11-6-1-5(9(17)7(2-6)15(18)19)3-12-14-10-13-8(16)4-20-10/h1-3,17H,4H2,(H,13,14,16). The number of phenolic OH excluding ortho intramolecular Hbond substituents is 1. The summed E-state index contributed by atoms with van der Waals surface area (Å²) in [4.78, 5) is 20.9. The zero-order valence-corrected chi connectivity index (χ0v) is 11.3. The topological polar surface area (TPSA) is 117 Å². The Hall–Kier alpha value is -2.13. The fraction of sp³-hybridized carbons (Fsp3) is 0.100. The number of nitrogens with one attached hydrogen (secondary N) is 1. The maximum Gasteiger partial charge on any atom is 0.312 e. The number of nitro benzene ring substituents is 1. The molecule has 10 heteroatoms. The van der Waals surface area contributed by atoms with Crippen LogP contribution in [0.5, 0.6) is 5.75 Å². The lowest BCUT2D eigenvalue weighted by molar-refractivity contribution is -0.385. The fourth-order valence-corrected chi connectivity index (χ4v) is 2.22. The zero-order chi connectivity index (χ0) is 14.7. The number of nitrogens with zero attached hydrogens (tertiary/aromatic N) is 3. The van der Waals surface area contributed by atoms with E-state index < -0.39 is 16.4 Å². The van der Waals surface area contributed by atoms with Gasteiger partial charge in [-0.25, -0.2) is 0 Å². The number of phenols is 1. The molecule has 2 rings (SSSR count). The Morgan fingerprint density at radius 2 is 2.30 bits per heavy atom. The number of carbonyl (C=O) groups excluding carboxylic acids is 1. The smallest absolute Gasteiger partial charge is 0.312 e. The van der Waals surface area contributed by atoms with Gasteiger partial charge < -0.3 is 10.4 Å². The van der Waals surface area contributed by atoms with E-state index in [1.165, 1.54) is 17.8 Å². The van der Waals surface area contributed by atoms with Crippen LogP contribution in [-0.4, -0.2) is 33.1 Å². The Labute approximate surface area is 121 Å². The van der Waals surface area contributed by atoms with Gasteiger partial charge in [0, 0.05) is 16.7 Å². The van der Waals surface area contributed by atoms with Crippen LogP contribution in [0.15, 0.2) is 22.3 Å². The van der Waals surface area contributed by atoms with E-state index in [4.69, 9.17) is 11.6 Å². The van der Waals surface area contributed by atoms with Crippen molar-refractivity contribution in [2.45, 2.75) is 0 Å². The van der Waals surface area contributed by atoms with Crippen molar-refractivity contribution in [1.29, 1.82) is 0 Å². The lowest BCUT2D eigenvalue weighted by atomic mass is 10.2. The Bertz CT molecular complexity index is 646. The SMILES string of the molecule is O=C1CSC(=NN=Cc2cc(Cl)cc([N+](=O)[O-])c2O)N1. The van der Waals surface area contributed by atoms with Gasteiger partial charge in [0.1, 0.15) is 0 Å². The first kappa shape index (κ1) is 14.3. The number of aromatic hydroxyl groups is 1. The average Bonchev–Trinajstić information content (AvgIpc) is 2.78. The number of benzene rings is 1. The van der Waals surface area contributed by atoms with Gasteiger partial charge in [-0.3, -0.25) is 14.9 Å². The van der Waals surface area contributed by atoms with Crippen molar-refractivity contribution in [3.05, 3.63) is 32.8 Å². The molecule has 2 N–H and O–H groups in total. The molecular formula is C10H7ClN4O4S. The molecule has 1 heterocycles. The van der Waals surface area contributed by atoms with Crippen LogP contribution >= 0.6 is 23.4 Å². The molecule has 1 aliphatic rings. The molecule has 20 heavy (non-hydrogen) atoms. The van der Waals surface area contributed by atoms with E-state index in [9.17, 15) is 20.0 Å². The monoisotopic (exact) mass is 314 g/mol. The number of hydrogen-bond acceptors (Lipinski definition) is 7. The van der Waals surface area contributed by atoms with Gasteiger partial charge >= 0.3 is 5.69 Å². The van der Waals surface area contributed by atoms with Crippen molar-refractivity contribution >= 4 is 46.3 Å². The number of rotatable bonds is 3. The quantitative estimate of drug-likeness (QED) is 0.498. The molecule has 0 saturated carbocycles. The van der Waals surface area contributed by atoms with Gasteiger partial charge in [0.05, 0.1) is 16.9 Å². The van der Waals surface area contributed by atoms with Gasteiger partial charge in [0.25, 0.3) is 0 Å². The predicted molar refractivity (Wildman–Crippen MR) is 75.4 cm³/mol. The largest absolute Gasteiger partial charge is 0.502 e. The number of carbonyl (C=O) groups is 1. The van der Waals surface area contributed by atoms with Crippen LogP contribution in [0, 0.1) is 10.1 Å². The molecular weight excluding hydrogens is 308 g/mol. The summed E-state index contributed by atoms with van der Waals surface area (Å²) >= 11 is 6.90. The highest BCUT2D eigenvalue weighted by Crippen LogP contribution is 2.32. The van der Waals surface area contributed by atoms with Crippen LogP contribution < -0.4 is 5.32 Å². The number of thioether (sulfide) groups is 1. The summed E-state index contributed by atoms with van der Waals surface area (Å²) in [5.74, 6) is -0.459. The molecule has 1 aromatic rings. The molecule has 0 radical (unpaired) electrons. The third-order valence-electron chi connectivity index (χ3n) is 2.21. The number of nitro groups is 1. The van der Waals surface area contributed by atoms with Crippen LogP contribution in [0.1, 0.15) is 5.56 Å². The summed E-state index contributed by atoms with van der Waals surface area (Å²) in [5, 5.41) is 30.6. The van der Waals surface area contributed by atoms with Gasteiger partial charge in [-0.2, -0.15) is 5.10 Å². The van der Waals surface area contributed by atoms with Crippen LogP contribution in [0.2, 0.25) is 5.02 Å². The normalized spacial score (nSPS) is 16.9. The molecule has 1 amide bonds. The van der Waals surface area contributed by atoms with Crippen LogP contribution in [0.3, 0.4) is 0 Å². The lowest BCUT2D eigenvalue weighted by Crippen LogP contribution is -2.19. The predicted octanol–water partition coefficient (Wildman–Crippen LogP) is 1.51. The van der Waals surface area contributed by atoms with Gasteiger partial charge in [-0.1, -0.05) is 23.4 Å². The molecule has 104 valence electrons. The molecule has 8 nitrogen and oxygen atoms in total. The molecule has 0 bridgehead atoms. The summed E-state index contributed by atoms with van der Waals surface area (Å²) in [6, 6.07) is 2.35. The van der Waals surface area contributed by atoms with Crippen LogP contribution in [-0.2, 0) is 4.79 Å². The van der Waals surface area contributed by atoms with E-state index >= 15 is 0 Å². The zero-order valence-electron chi connectivity index (χ0n) is 9.74. The molecule has 1 saturated heterocycles. The van der Waals surface area contributed by atoms with E-state index in [1.54, 1.807) is 0 Å². The molecule has 0 atom stereocenters. The molecule has 1 aliphatic heterocycles. The van der Waals surface area contributed by atoms with E-state index in [0.29, 0.717) is 5.17 Å². The second kappa shape index (κ2) is 5.88. The highest BCUT2D eigenvalue weighted by Gasteiger charge is 2.18. The average molecular weight is 315 g/mol. The van der Waals surface area contributed by atoms with Gasteiger partial charge in [0.15, 0.2) is 5.17 Å². The minimum Gasteiger partial charge on any atom is -0.502 e. The maximum absolute atomic E-state index is 10.9. The Morgan fingerprint density at radius 1 is 1.55 bits per heavy atom. The highest BCUT2D eigenvalue weighted by molar-refractivity contribution is 8.15. The third kappa shape index (κ3) is 3.25. The van der Waals surface area contributed by atoms with E-state index in [2.05, 4.69) is 15.5 Å². The number of amides is 1. The van der Waals surface area contributed by atoms with Gasteiger partial charge in [0.2, 0.25) is 11.7 Å². The number of amidine groups is 1. The van der Waals surface area contributed by atoms with Crippen molar-refractivity contribution in [2.24, 2.45) is 10.2 Å². The van der Waals surface area contributed by atoms with Gasteiger partial charge in [-0.05, 0) is 6.07 Å². The maximum atomic E-state index is 10.9. The summed E-state index contributed by atoms with van der Waals surface area (Å²) in [6.07, 6.45) is 1.12. The van der Waals surface area contributed by atoms with Crippen LogP contribution in [0.4, 0.5) is 5.69 Å². The first-order valence-corrected chi connectivity index (χ1v) is 6.54. The van der Waals surface area contributed by atoms with Gasteiger partial charge in [-0.15, -0.1) is 5.10 Å². The Balaban J connectivity index is 2.25. The molecule has 0 aliphatic carbocycles. The summed E-state index contributed by atoms with van der Waals surface area (Å²) in [6.45, 7) is 0. The third-order valence-corrected chi connectivity index (χ3v) is 3.29. The first-order chi connectivity index (χ1) is 9.47. The summed E-state index contributed by atoms with van der Waals surface area (Å²) in [5.41, 5.74) is -0.460. The Kier molecular flexibility index (Phi) is 4.20. The van der Waals surface area contributed by atoms with E-state index in [0.717, 1.165) is 12.3 Å². The molecule has 0 unspecified atom stereocenters. The van der Waals surface area contributed by atoms with Crippen molar-refractivity contribution in [3.63, 3.8) is 0 Å². The van der Waals surface area contributed by atoms with Crippen LogP contribution in [0.25, 0.3) is 0 Å². The van der Waals surface area contributed by atoms with E-state index in [-0.39, 0.29) is 22.2 Å². The van der Waals surface area contributed by atoms with Crippen molar-refractivity contribution in [1.82, 2.24) is 5.32 Å². The highest BCUT2D eigenvalue weighted by atomic mass is 35.5. The first-order valence-electron chi connectivity index (χ1n) is 5.18. The minimum absolute atomic E-state index is 0.0582. The van der Waals surface area contributed by atoms with Crippen molar-refractivity contribution in [3.8, 4) is 5.75 Å². The summed E-state index contributed by atoms with van der Waals surface area (Å²) in [7, 11) is 0. The minimum atomic E-state index is -0.752. The Morgan fingerprint density at radius 3 is 2.90 bits per heavy atom. The molecule has 0 spiro atoms. The second-order valence-corrected chi connectivity index (χ2v) is 5.01. The second-order valence-electron chi connectivity index (χ2n) is 3.61. The van der Waals surface area contributed by atoms with Crippen molar-refractivity contribution < 1.29 is 14.8 Å². The lowest BCUT2D eigenvalue weighted by Gasteiger charge is -2.00. The number of hydrogen-bond donors (Lipinski definition) is 2. The van der Waals surface area contributed by atoms with E-state index in [1.807, 2.05) is 0 Å². The number of halogens is 1.